The average Bonchev–Trinajstić information content (AvgIpc) is 3.14. The molecule has 154 valence electrons. The number of fused-ring (bicyclic) bond motifs is 3. The van der Waals surface area contributed by atoms with Gasteiger partial charge in [-0.25, -0.2) is 9.97 Å². The van der Waals surface area contributed by atoms with Crippen LogP contribution in [0.3, 0.4) is 0 Å². The fourth-order valence-electron chi connectivity index (χ4n) is 4.17. The molecule has 2 aliphatic rings. The number of ether oxygens (including phenoxy) is 1. The maximum atomic E-state index is 11.2. The van der Waals surface area contributed by atoms with Crippen LogP contribution in [-0.2, 0) is 4.74 Å². The number of morpholine rings is 1. The van der Waals surface area contributed by atoms with Crippen molar-refractivity contribution in [3.05, 3.63) is 30.1 Å². The summed E-state index contributed by atoms with van der Waals surface area (Å²) in [7, 11) is 0. The highest BCUT2D eigenvalue weighted by Gasteiger charge is 2.22. The smallest absolute Gasteiger partial charge is 0.248 e. The lowest BCUT2D eigenvalue weighted by atomic mass is 9.94. The summed E-state index contributed by atoms with van der Waals surface area (Å²) in [5.41, 5.74) is 11.5. The zero-order chi connectivity index (χ0) is 20.2. The van der Waals surface area contributed by atoms with Gasteiger partial charge in [0, 0.05) is 34.8 Å². The molecule has 2 aromatic heterocycles. The summed E-state index contributed by atoms with van der Waals surface area (Å²) < 4.78 is 6.36. The van der Waals surface area contributed by atoms with E-state index in [0.717, 1.165) is 39.6 Å². The molecule has 0 unspecified atom stereocenters. The Labute approximate surface area is 174 Å². The van der Waals surface area contributed by atoms with Crippen LogP contribution in [0, 0.1) is 0 Å². The van der Waals surface area contributed by atoms with Crippen molar-refractivity contribution in [3.8, 4) is 0 Å². The van der Waals surface area contributed by atoms with Gasteiger partial charge in [-0.1, -0.05) is 19.3 Å². The summed E-state index contributed by atoms with van der Waals surface area (Å²) in [6.07, 6.45) is 8.65. The first kappa shape index (κ1) is 20.0. The molecule has 7 nitrogen and oxygen atoms in total. The molecule has 1 saturated heterocycles. The fourth-order valence-corrected chi connectivity index (χ4v) is 5.21. The summed E-state index contributed by atoms with van der Waals surface area (Å²) in [5.74, 6) is -0.0375. The number of rotatable bonds is 2. The van der Waals surface area contributed by atoms with E-state index in [0.29, 0.717) is 11.4 Å². The van der Waals surface area contributed by atoms with E-state index < -0.39 is 5.91 Å². The second-order valence-corrected chi connectivity index (χ2v) is 8.59. The summed E-state index contributed by atoms with van der Waals surface area (Å²) in [5, 5.41) is 1.66. The second-order valence-electron chi connectivity index (χ2n) is 7.56. The molecule has 4 N–H and O–H groups in total. The number of thiophene rings is 1. The van der Waals surface area contributed by atoms with Gasteiger partial charge in [0.25, 0.3) is 0 Å². The van der Waals surface area contributed by atoms with E-state index in [4.69, 9.17) is 16.2 Å². The van der Waals surface area contributed by atoms with E-state index >= 15 is 0 Å². The molecule has 0 radical (unpaired) electrons. The Balaban J connectivity index is 0.000000150. The van der Waals surface area contributed by atoms with Crippen LogP contribution >= 0.6 is 11.3 Å². The average molecular weight is 414 g/mol. The maximum absolute atomic E-state index is 11.2. The normalized spacial score (nSPS) is 18.5. The molecular weight excluding hydrogens is 386 g/mol. The number of amides is 1. The first-order valence-electron chi connectivity index (χ1n) is 10.2. The Morgan fingerprint density at radius 1 is 1.14 bits per heavy atom. The second kappa shape index (κ2) is 9.02. The monoisotopic (exact) mass is 413 g/mol. The Hall–Kier alpha value is -2.29. The lowest BCUT2D eigenvalue weighted by Crippen LogP contribution is -2.44. The van der Waals surface area contributed by atoms with E-state index in [2.05, 4.69) is 14.9 Å². The lowest BCUT2D eigenvalue weighted by Gasteiger charge is -2.36. The molecule has 0 bridgehead atoms. The van der Waals surface area contributed by atoms with Crippen molar-refractivity contribution < 1.29 is 9.53 Å². The van der Waals surface area contributed by atoms with Crippen LogP contribution in [0.25, 0.3) is 20.3 Å². The van der Waals surface area contributed by atoms with Gasteiger partial charge in [0.05, 0.1) is 18.6 Å². The number of aromatic nitrogens is 2. The summed E-state index contributed by atoms with van der Waals surface area (Å²) in [4.78, 5) is 22.7. The number of carbonyl (C=O) groups is 1. The van der Waals surface area contributed by atoms with Crippen molar-refractivity contribution in [1.82, 2.24) is 14.9 Å². The zero-order valence-electron chi connectivity index (χ0n) is 16.5. The molecule has 5 rings (SSSR count). The molecule has 1 amide bonds. The first-order valence-corrected chi connectivity index (χ1v) is 11.0. The molecule has 1 saturated carbocycles. The van der Waals surface area contributed by atoms with Crippen LogP contribution in [0.2, 0.25) is 0 Å². The molecule has 2 fully saturated rings. The number of nitrogens with zero attached hydrogens (tertiary/aromatic N) is 3. The molecule has 1 aliphatic carbocycles. The van der Waals surface area contributed by atoms with Gasteiger partial charge in [-0.15, -0.1) is 11.3 Å². The number of hydrogen-bond acceptors (Lipinski definition) is 7. The van der Waals surface area contributed by atoms with Crippen LogP contribution in [-0.4, -0.2) is 53.1 Å². The molecule has 29 heavy (non-hydrogen) atoms. The van der Waals surface area contributed by atoms with Crippen molar-refractivity contribution >= 4 is 43.4 Å². The molecule has 3 aromatic rings. The van der Waals surface area contributed by atoms with Crippen molar-refractivity contribution in [3.63, 3.8) is 0 Å². The minimum Gasteiger partial charge on any atom is -0.383 e. The van der Waals surface area contributed by atoms with Crippen LogP contribution in [0.1, 0.15) is 42.5 Å². The number of primary amides is 1. The highest BCUT2D eigenvalue weighted by atomic mass is 32.1. The van der Waals surface area contributed by atoms with Crippen molar-refractivity contribution in [1.29, 1.82) is 0 Å². The third-order valence-electron chi connectivity index (χ3n) is 5.72. The van der Waals surface area contributed by atoms with Gasteiger partial charge in [0.1, 0.15) is 17.0 Å². The Kier molecular flexibility index (Phi) is 6.22. The van der Waals surface area contributed by atoms with Crippen LogP contribution < -0.4 is 11.5 Å². The number of hydrogen-bond donors (Lipinski definition) is 2. The quantitative estimate of drug-likeness (QED) is 0.668. The van der Waals surface area contributed by atoms with Crippen molar-refractivity contribution in [2.45, 2.75) is 38.1 Å². The number of carbonyl (C=O) groups excluding carboxylic acids is 1. The van der Waals surface area contributed by atoms with E-state index in [9.17, 15) is 4.79 Å². The van der Waals surface area contributed by atoms with E-state index in [1.54, 1.807) is 12.1 Å². The molecule has 1 aliphatic heterocycles. The maximum Gasteiger partial charge on any atom is 0.248 e. The largest absolute Gasteiger partial charge is 0.383 e. The van der Waals surface area contributed by atoms with Gasteiger partial charge >= 0.3 is 0 Å². The number of nitrogens with two attached hydrogens (primary N) is 2. The standard InChI is InChI=1S/C11H8N4OS.C10H19NO/c12-9-8-6-3-5(10(13)16)1-2-7(6)17-11(8)15-4-14-9;1-2-4-10(5-3-1)11-6-8-12-9-7-11/h1-4H,(H2,13,16)(H2,12,14,15);10H,1-9H2. The van der Waals surface area contributed by atoms with Gasteiger partial charge in [0.15, 0.2) is 0 Å². The van der Waals surface area contributed by atoms with Crippen LogP contribution in [0.4, 0.5) is 5.82 Å². The van der Waals surface area contributed by atoms with Crippen molar-refractivity contribution in [2.75, 3.05) is 32.0 Å². The summed E-state index contributed by atoms with van der Waals surface area (Å²) >= 11 is 1.51. The SMILES string of the molecule is C1CCC(N2CCOCC2)CC1.NC(=O)c1ccc2sc3ncnc(N)c3c2c1. The lowest BCUT2D eigenvalue weighted by molar-refractivity contribution is 0.00858. The number of anilines is 1. The van der Waals surface area contributed by atoms with Gasteiger partial charge in [0.2, 0.25) is 5.91 Å². The predicted octanol–water partition coefficient (Wildman–Crippen LogP) is 3.18. The summed E-state index contributed by atoms with van der Waals surface area (Å²) in [6, 6.07) is 6.17. The van der Waals surface area contributed by atoms with Gasteiger partial charge in [-0.05, 0) is 31.0 Å². The topological polar surface area (TPSA) is 107 Å². The molecular formula is C21H27N5O2S. The van der Waals surface area contributed by atoms with E-state index in [1.165, 1.54) is 62.9 Å². The first-order chi connectivity index (χ1) is 14.1. The molecule has 8 heteroatoms. The zero-order valence-corrected chi connectivity index (χ0v) is 17.3. The van der Waals surface area contributed by atoms with Gasteiger partial charge in [-0.2, -0.15) is 0 Å². The predicted molar refractivity (Wildman–Crippen MR) is 117 cm³/mol. The fraction of sp³-hybridized carbons (Fsp3) is 0.476. The minimum atomic E-state index is -0.457. The molecule has 3 heterocycles. The third-order valence-corrected chi connectivity index (χ3v) is 6.80. The van der Waals surface area contributed by atoms with E-state index in [-0.39, 0.29) is 0 Å². The molecule has 0 spiro atoms. The molecule has 1 aromatic carbocycles. The highest BCUT2D eigenvalue weighted by Crippen LogP contribution is 2.35. The van der Waals surface area contributed by atoms with Gasteiger partial charge < -0.3 is 16.2 Å². The number of nitrogen functional groups attached to an aromatic ring is 1. The summed E-state index contributed by atoms with van der Waals surface area (Å²) in [6.45, 7) is 4.25. The van der Waals surface area contributed by atoms with E-state index in [1.807, 2.05) is 6.07 Å². The minimum absolute atomic E-state index is 0.419. The molecule has 0 atom stereocenters. The third kappa shape index (κ3) is 4.49. The highest BCUT2D eigenvalue weighted by molar-refractivity contribution is 7.25. The number of benzene rings is 1. The van der Waals surface area contributed by atoms with Crippen LogP contribution in [0.5, 0.6) is 0 Å². The Morgan fingerprint density at radius 3 is 2.62 bits per heavy atom. The van der Waals surface area contributed by atoms with Crippen LogP contribution in [0.15, 0.2) is 24.5 Å². The Bertz CT molecular complexity index is 977. The van der Waals surface area contributed by atoms with Crippen molar-refractivity contribution in [2.24, 2.45) is 5.73 Å². The Morgan fingerprint density at radius 2 is 1.90 bits per heavy atom. The van der Waals surface area contributed by atoms with Gasteiger partial charge in [-0.3, -0.25) is 9.69 Å².